The standard InChI is InChI=1S/C14H20N2O/c1-2-13-3-5-15-14(13)11-12(1)4-6-16-7-9-17-10-8-16/h1-2,11,15H,3-10H2. The van der Waals surface area contributed by atoms with Gasteiger partial charge in [0.05, 0.1) is 13.2 Å². The van der Waals surface area contributed by atoms with Crippen LogP contribution in [0.4, 0.5) is 5.69 Å². The molecule has 0 aromatic heterocycles. The van der Waals surface area contributed by atoms with Gasteiger partial charge in [0.1, 0.15) is 0 Å². The number of morpholine rings is 1. The van der Waals surface area contributed by atoms with Crippen molar-refractivity contribution >= 4 is 5.69 Å². The molecule has 1 N–H and O–H groups in total. The third kappa shape index (κ3) is 2.61. The molecule has 17 heavy (non-hydrogen) atoms. The Labute approximate surface area is 103 Å². The van der Waals surface area contributed by atoms with Gasteiger partial charge in [-0.15, -0.1) is 0 Å². The van der Waals surface area contributed by atoms with E-state index in [4.69, 9.17) is 4.74 Å². The molecule has 0 unspecified atom stereocenters. The monoisotopic (exact) mass is 232 g/mol. The fourth-order valence-electron chi connectivity index (χ4n) is 2.61. The van der Waals surface area contributed by atoms with Gasteiger partial charge in [0.25, 0.3) is 0 Å². The van der Waals surface area contributed by atoms with Crippen molar-refractivity contribution in [1.29, 1.82) is 0 Å². The molecule has 0 spiro atoms. The number of nitrogens with one attached hydrogen (secondary N) is 1. The number of hydrogen-bond donors (Lipinski definition) is 1. The van der Waals surface area contributed by atoms with Gasteiger partial charge in [0.2, 0.25) is 0 Å². The van der Waals surface area contributed by atoms with Gasteiger partial charge in [-0.25, -0.2) is 0 Å². The summed E-state index contributed by atoms with van der Waals surface area (Å²) in [6.07, 6.45) is 2.33. The van der Waals surface area contributed by atoms with Gasteiger partial charge in [0.15, 0.2) is 0 Å². The molecule has 0 radical (unpaired) electrons. The Balaban J connectivity index is 1.57. The van der Waals surface area contributed by atoms with Crippen LogP contribution in [0.2, 0.25) is 0 Å². The Bertz CT molecular complexity index is 386. The van der Waals surface area contributed by atoms with Crippen molar-refractivity contribution in [3.8, 4) is 0 Å². The highest BCUT2D eigenvalue weighted by Gasteiger charge is 2.12. The average molecular weight is 232 g/mol. The Morgan fingerprint density at radius 1 is 1.24 bits per heavy atom. The highest BCUT2D eigenvalue weighted by molar-refractivity contribution is 5.57. The van der Waals surface area contributed by atoms with Crippen LogP contribution in [0.15, 0.2) is 18.2 Å². The third-order valence-electron chi connectivity index (χ3n) is 3.70. The van der Waals surface area contributed by atoms with Crippen molar-refractivity contribution in [3.05, 3.63) is 29.3 Å². The van der Waals surface area contributed by atoms with E-state index >= 15 is 0 Å². The molecule has 3 heteroatoms. The fourth-order valence-corrected chi connectivity index (χ4v) is 2.61. The maximum Gasteiger partial charge on any atom is 0.0594 e. The topological polar surface area (TPSA) is 24.5 Å². The minimum absolute atomic E-state index is 0.895. The summed E-state index contributed by atoms with van der Waals surface area (Å²) < 4.78 is 5.36. The zero-order chi connectivity index (χ0) is 11.5. The lowest BCUT2D eigenvalue weighted by molar-refractivity contribution is 0.0384. The van der Waals surface area contributed by atoms with Gasteiger partial charge >= 0.3 is 0 Å². The first-order chi connectivity index (χ1) is 8.42. The van der Waals surface area contributed by atoms with Gasteiger partial charge in [-0.05, 0) is 30.0 Å². The van der Waals surface area contributed by atoms with E-state index in [1.165, 1.54) is 23.2 Å². The summed E-state index contributed by atoms with van der Waals surface area (Å²) in [6, 6.07) is 6.89. The smallest absolute Gasteiger partial charge is 0.0594 e. The predicted octanol–water partition coefficient (Wildman–Crippen LogP) is 1.53. The molecular weight excluding hydrogens is 212 g/mol. The summed E-state index contributed by atoms with van der Waals surface area (Å²) in [6.45, 7) is 6.22. The first-order valence-electron chi connectivity index (χ1n) is 6.57. The molecule has 0 saturated carbocycles. The summed E-state index contributed by atoms with van der Waals surface area (Å²) in [7, 11) is 0. The molecule has 0 amide bonds. The van der Waals surface area contributed by atoms with Crippen molar-refractivity contribution < 1.29 is 4.74 Å². The largest absolute Gasteiger partial charge is 0.384 e. The molecule has 2 aliphatic rings. The van der Waals surface area contributed by atoms with Crippen molar-refractivity contribution in [2.45, 2.75) is 12.8 Å². The number of benzene rings is 1. The van der Waals surface area contributed by atoms with Crippen LogP contribution in [0, 0.1) is 0 Å². The van der Waals surface area contributed by atoms with Crippen molar-refractivity contribution in [3.63, 3.8) is 0 Å². The van der Waals surface area contributed by atoms with Crippen LogP contribution >= 0.6 is 0 Å². The van der Waals surface area contributed by atoms with Crippen molar-refractivity contribution in [2.24, 2.45) is 0 Å². The second-order valence-corrected chi connectivity index (χ2v) is 4.87. The van der Waals surface area contributed by atoms with E-state index in [0.717, 1.165) is 45.8 Å². The molecule has 0 atom stereocenters. The van der Waals surface area contributed by atoms with Crippen LogP contribution in [0.25, 0.3) is 0 Å². The number of rotatable bonds is 3. The van der Waals surface area contributed by atoms with E-state index in [1.807, 2.05) is 0 Å². The van der Waals surface area contributed by atoms with E-state index in [1.54, 1.807) is 0 Å². The lowest BCUT2D eigenvalue weighted by Gasteiger charge is -2.26. The summed E-state index contributed by atoms with van der Waals surface area (Å²) >= 11 is 0. The van der Waals surface area contributed by atoms with Gasteiger partial charge in [-0.2, -0.15) is 0 Å². The van der Waals surface area contributed by atoms with Gasteiger partial charge < -0.3 is 10.1 Å². The third-order valence-corrected chi connectivity index (χ3v) is 3.70. The number of nitrogens with zero attached hydrogens (tertiary/aromatic N) is 1. The molecule has 1 saturated heterocycles. The first kappa shape index (κ1) is 11.1. The quantitative estimate of drug-likeness (QED) is 0.855. The van der Waals surface area contributed by atoms with E-state index in [0.29, 0.717) is 0 Å². The zero-order valence-electron chi connectivity index (χ0n) is 10.2. The molecule has 92 valence electrons. The summed E-state index contributed by atoms with van der Waals surface area (Å²) in [5, 5.41) is 3.44. The second kappa shape index (κ2) is 5.07. The van der Waals surface area contributed by atoms with Crippen LogP contribution in [-0.4, -0.2) is 44.3 Å². The van der Waals surface area contributed by atoms with E-state index in [9.17, 15) is 0 Å². The highest BCUT2D eigenvalue weighted by atomic mass is 16.5. The van der Waals surface area contributed by atoms with Crippen molar-refractivity contribution in [1.82, 2.24) is 4.90 Å². The molecule has 0 bridgehead atoms. The van der Waals surface area contributed by atoms with Crippen LogP contribution in [0.5, 0.6) is 0 Å². The first-order valence-corrected chi connectivity index (χ1v) is 6.57. The average Bonchev–Trinajstić information content (AvgIpc) is 2.85. The normalized spacial score (nSPS) is 20.0. The molecule has 2 heterocycles. The molecule has 1 fully saturated rings. The zero-order valence-corrected chi connectivity index (χ0v) is 10.2. The van der Waals surface area contributed by atoms with E-state index in [2.05, 4.69) is 28.4 Å². The number of hydrogen-bond acceptors (Lipinski definition) is 3. The van der Waals surface area contributed by atoms with Crippen LogP contribution in [0.3, 0.4) is 0 Å². The maximum absolute atomic E-state index is 5.36. The van der Waals surface area contributed by atoms with E-state index < -0.39 is 0 Å². The van der Waals surface area contributed by atoms with Crippen LogP contribution in [0.1, 0.15) is 11.1 Å². The molecular formula is C14H20N2O. The molecule has 2 aliphatic heterocycles. The van der Waals surface area contributed by atoms with Gasteiger partial charge in [-0.3, -0.25) is 4.90 Å². The Morgan fingerprint density at radius 2 is 2.12 bits per heavy atom. The number of ether oxygens (including phenoxy) is 1. The summed E-state index contributed by atoms with van der Waals surface area (Å²) in [5.41, 5.74) is 4.27. The molecule has 0 aliphatic carbocycles. The lowest BCUT2D eigenvalue weighted by atomic mass is 10.1. The van der Waals surface area contributed by atoms with E-state index in [-0.39, 0.29) is 0 Å². The molecule has 3 nitrogen and oxygen atoms in total. The predicted molar refractivity (Wildman–Crippen MR) is 69.6 cm³/mol. The van der Waals surface area contributed by atoms with Crippen LogP contribution < -0.4 is 5.32 Å². The maximum atomic E-state index is 5.36. The lowest BCUT2D eigenvalue weighted by Crippen LogP contribution is -2.37. The Hall–Kier alpha value is -1.06. The summed E-state index contributed by atoms with van der Waals surface area (Å²) in [4.78, 5) is 2.49. The fraction of sp³-hybridized carbons (Fsp3) is 0.571. The van der Waals surface area contributed by atoms with Crippen LogP contribution in [-0.2, 0) is 17.6 Å². The molecule has 1 aromatic carbocycles. The van der Waals surface area contributed by atoms with Gasteiger partial charge in [-0.1, -0.05) is 12.1 Å². The van der Waals surface area contributed by atoms with Crippen molar-refractivity contribution in [2.75, 3.05) is 44.7 Å². The minimum Gasteiger partial charge on any atom is -0.384 e. The minimum atomic E-state index is 0.895. The Morgan fingerprint density at radius 3 is 3.00 bits per heavy atom. The molecule has 1 aromatic rings. The highest BCUT2D eigenvalue weighted by Crippen LogP contribution is 2.23. The number of fused-ring (bicyclic) bond motifs is 1. The summed E-state index contributed by atoms with van der Waals surface area (Å²) in [5.74, 6) is 0. The molecule has 3 rings (SSSR count). The second-order valence-electron chi connectivity index (χ2n) is 4.87. The van der Waals surface area contributed by atoms with Gasteiger partial charge in [0, 0.05) is 31.9 Å². The SMILES string of the molecule is c1cc2c(cc1CCN1CCOCC1)NCC2. The number of anilines is 1. The Kier molecular flexibility index (Phi) is 3.29.